The number of halogens is 1. The van der Waals surface area contributed by atoms with Gasteiger partial charge in [0, 0.05) is 37.0 Å². The Balaban J connectivity index is 1.94. The average Bonchev–Trinajstić information content (AvgIpc) is 2.83. The predicted octanol–water partition coefficient (Wildman–Crippen LogP) is 1.94. The van der Waals surface area contributed by atoms with E-state index in [4.69, 9.17) is 0 Å². The van der Waals surface area contributed by atoms with Gasteiger partial charge in [0.05, 0.1) is 12.3 Å². The molecular weight excluding hydrogens is 245 g/mol. The van der Waals surface area contributed by atoms with Crippen molar-refractivity contribution in [1.29, 1.82) is 0 Å². The van der Waals surface area contributed by atoms with Gasteiger partial charge < -0.3 is 10.4 Å². The maximum absolute atomic E-state index is 13.5. The fraction of sp³-hybridized carbons (Fsp3) is 0.357. The molecule has 4 nitrogen and oxygen atoms in total. The molecule has 2 rings (SSSR count). The van der Waals surface area contributed by atoms with Gasteiger partial charge in [0.1, 0.15) is 5.82 Å². The molecule has 0 saturated heterocycles. The number of nitrogens with one attached hydrogen (secondary N) is 1. The van der Waals surface area contributed by atoms with Crippen molar-refractivity contribution in [1.82, 2.24) is 15.1 Å². The molecule has 0 aliphatic carbocycles. The SMILES string of the molecule is CC(NCC(O)c1ccccc1F)c1cnn(C)c1. The van der Waals surface area contributed by atoms with E-state index in [9.17, 15) is 9.50 Å². The third-order valence-electron chi connectivity index (χ3n) is 3.11. The van der Waals surface area contributed by atoms with Crippen LogP contribution in [0.4, 0.5) is 4.39 Å². The average molecular weight is 263 g/mol. The number of hydrogen-bond donors (Lipinski definition) is 2. The lowest BCUT2D eigenvalue weighted by Gasteiger charge is -2.16. The largest absolute Gasteiger partial charge is 0.387 e. The minimum atomic E-state index is -0.861. The fourth-order valence-corrected chi connectivity index (χ4v) is 1.93. The van der Waals surface area contributed by atoms with E-state index in [0.29, 0.717) is 5.56 Å². The van der Waals surface area contributed by atoms with E-state index in [2.05, 4.69) is 10.4 Å². The zero-order valence-electron chi connectivity index (χ0n) is 11.0. The Hall–Kier alpha value is -1.72. The van der Waals surface area contributed by atoms with Gasteiger partial charge in [0.15, 0.2) is 0 Å². The molecule has 5 heteroatoms. The Labute approximate surface area is 111 Å². The summed E-state index contributed by atoms with van der Waals surface area (Å²) in [5.74, 6) is -0.383. The first-order valence-corrected chi connectivity index (χ1v) is 6.22. The number of aryl methyl sites for hydroxylation is 1. The monoisotopic (exact) mass is 263 g/mol. The third kappa shape index (κ3) is 3.39. The number of rotatable bonds is 5. The molecular formula is C14H18FN3O. The summed E-state index contributed by atoms with van der Waals surface area (Å²) >= 11 is 0. The van der Waals surface area contributed by atoms with Gasteiger partial charge in [-0.05, 0) is 13.0 Å². The van der Waals surface area contributed by atoms with Gasteiger partial charge in [-0.3, -0.25) is 4.68 Å². The normalized spacial score (nSPS) is 14.3. The second kappa shape index (κ2) is 5.95. The zero-order valence-corrected chi connectivity index (χ0v) is 11.0. The second-order valence-corrected chi connectivity index (χ2v) is 4.61. The Kier molecular flexibility index (Phi) is 4.29. The Morgan fingerprint density at radius 1 is 1.42 bits per heavy atom. The van der Waals surface area contributed by atoms with E-state index in [-0.39, 0.29) is 18.4 Å². The van der Waals surface area contributed by atoms with Crippen molar-refractivity contribution in [2.75, 3.05) is 6.54 Å². The number of nitrogens with zero attached hydrogens (tertiary/aromatic N) is 2. The van der Waals surface area contributed by atoms with Gasteiger partial charge in [-0.25, -0.2) is 4.39 Å². The van der Waals surface area contributed by atoms with E-state index in [1.54, 1.807) is 29.1 Å². The summed E-state index contributed by atoms with van der Waals surface area (Å²) in [7, 11) is 1.85. The van der Waals surface area contributed by atoms with Crippen LogP contribution in [0.1, 0.15) is 30.2 Å². The highest BCUT2D eigenvalue weighted by atomic mass is 19.1. The van der Waals surface area contributed by atoms with Crippen LogP contribution in [0.2, 0.25) is 0 Å². The molecule has 2 N–H and O–H groups in total. The van der Waals surface area contributed by atoms with E-state index in [0.717, 1.165) is 5.56 Å². The molecule has 102 valence electrons. The molecule has 2 unspecified atom stereocenters. The van der Waals surface area contributed by atoms with Crippen molar-refractivity contribution in [3.63, 3.8) is 0 Å². The Morgan fingerprint density at radius 3 is 2.79 bits per heavy atom. The summed E-state index contributed by atoms with van der Waals surface area (Å²) in [6, 6.07) is 6.32. The highest BCUT2D eigenvalue weighted by molar-refractivity contribution is 5.20. The van der Waals surface area contributed by atoms with Gasteiger partial charge in [-0.2, -0.15) is 5.10 Å². The topological polar surface area (TPSA) is 50.1 Å². The first-order valence-electron chi connectivity index (χ1n) is 6.22. The first kappa shape index (κ1) is 13.7. The van der Waals surface area contributed by atoms with Gasteiger partial charge in [0.2, 0.25) is 0 Å². The zero-order chi connectivity index (χ0) is 13.8. The summed E-state index contributed by atoms with van der Waals surface area (Å²) in [4.78, 5) is 0. The highest BCUT2D eigenvalue weighted by Gasteiger charge is 2.14. The number of benzene rings is 1. The molecule has 0 radical (unpaired) electrons. The van der Waals surface area contributed by atoms with Crippen LogP contribution in [0.15, 0.2) is 36.7 Å². The van der Waals surface area contributed by atoms with E-state index in [1.807, 2.05) is 20.2 Å². The molecule has 2 atom stereocenters. The summed E-state index contributed by atoms with van der Waals surface area (Å²) in [5, 5.41) is 17.2. The lowest BCUT2D eigenvalue weighted by atomic mass is 10.1. The standard InChI is InChI=1S/C14H18FN3O/c1-10(11-7-17-18(2)9-11)16-8-14(19)12-5-3-4-6-13(12)15/h3-7,9-10,14,16,19H,8H2,1-2H3. The lowest BCUT2D eigenvalue weighted by Crippen LogP contribution is -2.25. The van der Waals surface area contributed by atoms with E-state index >= 15 is 0 Å². The molecule has 1 heterocycles. The van der Waals surface area contributed by atoms with Crippen molar-refractivity contribution in [3.8, 4) is 0 Å². The van der Waals surface area contributed by atoms with E-state index < -0.39 is 6.10 Å². The van der Waals surface area contributed by atoms with Gasteiger partial charge in [-0.1, -0.05) is 18.2 Å². The number of aliphatic hydroxyl groups is 1. The molecule has 0 aliphatic heterocycles. The summed E-state index contributed by atoms with van der Waals surface area (Å²) in [6.45, 7) is 2.27. The van der Waals surface area contributed by atoms with Crippen LogP contribution in [-0.4, -0.2) is 21.4 Å². The highest BCUT2D eigenvalue weighted by Crippen LogP contribution is 2.17. The maximum Gasteiger partial charge on any atom is 0.129 e. The van der Waals surface area contributed by atoms with Gasteiger partial charge in [-0.15, -0.1) is 0 Å². The molecule has 0 spiro atoms. The molecule has 1 aromatic carbocycles. The lowest BCUT2D eigenvalue weighted by molar-refractivity contribution is 0.166. The molecule has 0 bridgehead atoms. The fourth-order valence-electron chi connectivity index (χ4n) is 1.93. The van der Waals surface area contributed by atoms with Crippen molar-refractivity contribution in [2.24, 2.45) is 7.05 Å². The molecule has 2 aromatic rings. The molecule has 0 saturated carbocycles. The molecule has 1 aromatic heterocycles. The third-order valence-corrected chi connectivity index (χ3v) is 3.11. The minimum Gasteiger partial charge on any atom is -0.387 e. The molecule has 0 fully saturated rings. The second-order valence-electron chi connectivity index (χ2n) is 4.61. The predicted molar refractivity (Wildman–Crippen MR) is 71.0 cm³/mol. The van der Waals surface area contributed by atoms with Crippen LogP contribution in [0, 0.1) is 5.82 Å². The van der Waals surface area contributed by atoms with Gasteiger partial charge in [0.25, 0.3) is 0 Å². The van der Waals surface area contributed by atoms with Gasteiger partial charge >= 0.3 is 0 Å². The quantitative estimate of drug-likeness (QED) is 0.866. The van der Waals surface area contributed by atoms with Crippen LogP contribution in [0.5, 0.6) is 0 Å². The molecule has 19 heavy (non-hydrogen) atoms. The van der Waals surface area contributed by atoms with E-state index in [1.165, 1.54) is 6.07 Å². The van der Waals surface area contributed by atoms with Crippen molar-refractivity contribution in [3.05, 3.63) is 53.6 Å². The van der Waals surface area contributed by atoms with Crippen molar-refractivity contribution in [2.45, 2.75) is 19.1 Å². The Morgan fingerprint density at radius 2 is 2.16 bits per heavy atom. The molecule has 0 amide bonds. The number of hydrogen-bond acceptors (Lipinski definition) is 3. The number of aromatic nitrogens is 2. The first-order chi connectivity index (χ1) is 9.08. The Bertz CT molecular complexity index is 541. The van der Waals surface area contributed by atoms with Crippen LogP contribution in [-0.2, 0) is 7.05 Å². The minimum absolute atomic E-state index is 0.0510. The molecule has 0 aliphatic rings. The maximum atomic E-state index is 13.5. The van der Waals surface area contributed by atoms with Crippen LogP contribution >= 0.6 is 0 Å². The summed E-state index contributed by atoms with van der Waals surface area (Å²) < 4.78 is 15.2. The number of aliphatic hydroxyl groups excluding tert-OH is 1. The van der Waals surface area contributed by atoms with Crippen molar-refractivity contribution < 1.29 is 9.50 Å². The van der Waals surface area contributed by atoms with Crippen molar-refractivity contribution >= 4 is 0 Å². The van der Waals surface area contributed by atoms with Crippen LogP contribution in [0.25, 0.3) is 0 Å². The summed E-state index contributed by atoms with van der Waals surface area (Å²) in [5.41, 5.74) is 1.34. The van der Waals surface area contributed by atoms with Crippen LogP contribution in [0.3, 0.4) is 0 Å². The van der Waals surface area contributed by atoms with Crippen LogP contribution < -0.4 is 5.32 Å². The smallest absolute Gasteiger partial charge is 0.129 e. The summed E-state index contributed by atoms with van der Waals surface area (Å²) in [6.07, 6.45) is 2.82.